The van der Waals surface area contributed by atoms with E-state index in [1.54, 1.807) is 7.11 Å². The van der Waals surface area contributed by atoms with E-state index in [2.05, 4.69) is 31.4 Å². The first-order chi connectivity index (χ1) is 10.3. The smallest absolute Gasteiger partial charge is 0.234 e. The second-order valence-corrected chi connectivity index (χ2v) is 7.04. The normalized spacial score (nSPS) is 12.4. The highest BCUT2D eigenvalue weighted by Crippen LogP contribution is 2.29. The van der Waals surface area contributed by atoms with Crippen molar-refractivity contribution in [3.8, 4) is 0 Å². The number of methoxy groups -OCH3 is 1. The van der Waals surface area contributed by atoms with Gasteiger partial charge in [0.25, 0.3) is 0 Å². The Labute approximate surface area is 150 Å². The zero-order valence-corrected chi connectivity index (χ0v) is 15.9. The van der Waals surface area contributed by atoms with Crippen molar-refractivity contribution in [2.45, 2.75) is 33.2 Å². The van der Waals surface area contributed by atoms with E-state index >= 15 is 0 Å². The van der Waals surface area contributed by atoms with Crippen LogP contribution in [0.3, 0.4) is 0 Å². The Morgan fingerprint density at radius 2 is 1.87 bits per heavy atom. The fourth-order valence-corrected chi connectivity index (χ4v) is 2.31. The molecule has 1 unspecified atom stereocenters. The van der Waals surface area contributed by atoms with E-state index in [-0.39, 0.29) is 36.3 Å². The summed E-state index contributed by atoms with van der Waals surface area (Å²) >= 11 is 5.94. The summed E-state index contributed by atoms with van der Waals surface area (Å²) in [6.07, 6.45) is 0.860. The van der Waals surface area contributed by atoms with Gasteiger partial charge in [-0.3, -0.25) is 4.79 Å². The van der Waals surface area contributed by atoms with Crippen molar-refractivity contribution in [2.24, 2.45) is 5.41 Å². The average Bonchev–Trinajstić information content (AvgIpc) is 2.42. The van der Waals surface area contributed by atoms with Gasteiger partial charge < -0.3 is 15.4 Å². The van der Waals surface area contributed by atoms with Crippen LogP contribution in [-0.4, -0.2) is 32.7 Å². The van der Waals surface area contributed by atoms with Crippen LogP contribution in [0, 0.1) is 5.41 Å². The number of carbonyl (C=O) groups excluding carboxylic acids is 1. The molecule has 1 atom stereocenters. The van der Waals surface area contributed by atoms with Crippen molar-refractivity contribution in [1.82, 2.24) is 10.6 Å². The van der Waals surface area contributed by atoms with E-state index in [9.17, 15) is 4.79 Å². The second-order valence-electron chi connectivity index (χ2n) is 6.61. The Hall–Kier alpha value is -0.810. The lowest BCUT2D eigenvalue weighted by Crippen LogP contribution is -2.38. The second kappa shape index (κ2) is 10.9. The summed E-state index contributed by atoms with van der Waals surface area (Å²) < 4.78 is 4.94. The molecular formula is C17H28Cl2N2O2. The number of hydrogen-bond acceptors (Lipinski definition) is 3. The molecule has 1 aromatic carbocycles. The Morgan fingerprint density at radius 1 is 1.26 bits per heavy atom. The van der Waals surface area contributed by atoms with E-state index in [0.717, 1.165) is 12.0 Å². The minimum absolute atomic E-state index is 0. The van der Waals surface area contributed by atoms with E-state index < -0.39 is 0 Å². The third-order valence-corrected chi connectivity index (χ3v) is 3.44. The molecule has 0 aliphatic heterocycles. The summed E-state index contributed by atoms with van der Waals surface area (Å²) in [5.74, 6) is -0.0136. The first-order valence-electron chi connectivity index (χ1n) is 7.56. The third kappa shape index (κ3) is 9.82. The zero-order valence-electron chi connectivity index (χ0n) is 14.3. The van der Waals surface area contributed by atoms with Gasteiger partial charge in [-0.25, -0.2) is 0 Å². The lowest BCUT2D eigenvalue weighted by molar-refractivity contribution is -0.121. The van der Waals surface area contributed by atoms with E-state index in [4.69, 9.17) is 16.3 Å². The van der Waals surface area contributed by atoms with Crippen LogP contribution >= 0.6 is 24.0 Å². The molecule has 0 saturated heterocycles. The van der Waals surface area contributed by atoms with E-state index in [1.165, 1.54) is 0 Å². The molecule has 6 heteroatoms. The number of rotatable bonds is 8. The number of halogens is 2. The Balaban J connectivity index is 0.00000484. The fourth-order valence-electron chi connectivity index (χ4n) is 2.18. The molecule has 0 aromatic heterocycles. The van der Waals surface area contributed by atoms with Gasteiger partial charge in [-0.05, 0) is 29.5 Å². The van der Waals surface area contributed by atoms with Crippen LogP contribution in [0.5, 0.6) is 0 Å². The minimum atomic E-state index is -0.0195. The molecule has 0 radical (unpaired) electrons. The molecule has 0 spiro atoms. The van der Waals surface area contributed by atoms with Crippen LogP contribution in [0.4, 0.5) is 0 Å². The predicted octanol–water partition coefficient (Wildman–Crippen LogP) is 3.59. The summed E-state index contributed by atoms with van der Waals surface area (Å²) in [4.78, 5) is 12.1. The third-order valence-electron chi connectivity index (χ3n) is 3.19. The molecule has 1 aromatic rings. The number of carbonyl (C=O) groups is 1. The summed E-state index contributed by atoms with van der Waals surface area (Å²) in [6, 6.07) is 7.63. The highest BCUT2D eigenvalue weighted by atomic mass is 35.5. The lowest BCUT2D eigenvalue weighted by Gasteiger charge is -2.27. The quantitative estimate of drug-likeness (QED) is 0.694. The van der Waals surface area contributed by atoms with Crippen LogP contribution in [0.2, 0.25) is 5.02 Å². The molecule has 0 heterocycles. The fraction of sp³-hybridized carbons (Fsp3) is 0.588. The van der Waals surface area contributed by atoms with Gasteiger partial charge in [0.05, 0.1) is 19.2 Å². The van der Waals surface area contributed by atoms with Crippen molar-refractivity contribution < 1.29 is 9.53 Å². The van der Waals surface area contributed by atoms with Gasteiger partial charge in [0.2, 0.25) is 5.91 Å². The highest BCUT2D eigenvalue weighted by molar-refractivity contribution is 6.30. The van der Waals surface area contributed by atoms with Crippen LogP contribution in [0.25, 0.3) is 0 Å². The number of amides is 1. The van der Waals surface area contributed by atoms with Crippen molar-refractivity contribution in [2.75, 3.05) is 26.8 Å². The molecule has 0 aliphatic carbocycles. The number of hydrogen-bond donors (Lipinski definition) is 2. The molecule has 0 saturated carbocycles. The first-order valence-corrected chi connectivity index (χ1v) is 7.94. The van der Waals surface area contributed by atoms with Gasteiger partial charge in [0.15, 0.2) is 0 Å². The maximum atomic E-state index is 12.1. The van der Waals surface area contributed by atoms with E-state index in [1.807, 2.05) is 24.3 Å². The van der Waals surface area contributed by atoms with Crippen molar-refractivity contribution in [3.63, 3.8) is 0 Å². The predicted molar refractivity (Wildman–Crippen MR) is 98.4 cm³/mol. The molecule has 1 rings (SSSR count). The van der Waals surface area contributed by atoms with Gasteiger partial charge in [0, 0.05) is 18.7 Å². The Bertz CT molecular complexity index is 459. The first kappa shape index (κ1) is 22.2. The molecular weight excluding hydrogens is 335 g/mol. The highest BCUT2D eigenvalue weighted by Gasteiger charge is 2.21. The summed E-state index contributed by atoms with van der Waals surface area (Å²) in [6.45, 7) is 8.04. The summed E-state index contributed by atoms with van der Waals surface area (Å²) in [7, 11) is 1.64. The van der Waals surface area contributed by atoms with Crippen molar-refractivity contribution >= 4 is 29.9 Å². The molecule has 2 N–H and O–H groups in total. The molecule has 132 valence electrons. The van der Waals surface area contributed by atoms with E-state index in [0.29, 0.717) is 18.2 Å². The Morgan fingerprint density at radius 3 is 2.39 bits per heavy atom. The molecule has 4 nitrogen and oxygen atoms in total. The number of nitrogens with one attached hydrogen (secondary N) is 2. The van der Waals surface area contributed by atoms with Crippen LogP contribution in [0.15, 0.2) is 24.3 Å². The van der Waals surface area contributed by atoms with Crippen LogP contribution in [0.1, 0.15) is 38.8 Å². The number of benzene rings is 1. The molecule has 23 heavy (non-hydrogen) atoms. The molecule has 0 fully saturated rings. The SMILES string of the molecule is COCCNCC(=O)NC(CC(C)(C)C)c1ccc(Cl)cc1.Cl. The lowest BCUT2D eigenvalue weighted by atomic mass is 9.85. The standard InChI is InChI=1S/C17H27ClN2O2.ClH/c1-17(2,3)11-15(13-5-7-14(18)8-6-13)20-16(21)12-19-9-10-22-4;/h5-8,15,19H,9-12H2,1-4H3,(H,20,21);1H. The monoisotopic (exact) mass is 362 g/mol. The molecule has 1 amide bonds. The van der Waals surface area contributed by atoms with Gasteiger partial charge in [-0.2, -0.15) is 0 Å². The van der Waals surface area contributed by atoms with Gasteiger partial charge in [0.1, 0.15) is 0 Å². The average molecular weight is 363 g/mol. The van der Waals surface area contributed by atoms with Crippen molar-refractivity contribution in [1.29, 1.82) is 0 Å². The van der Waals surface area contributed by atoms with Gasteiger partial charge in [-0.15, -0.1) is 12.4 Å². The summed E-state index contributed by atoms with van der Waals surface area (Å²) in [5.41, 5.74) is 1.19. The number of ether oxygens (including phenoxy) is 1. The zero-order chi connectivity index (χ0) is 16.6. The molecule has 0 aliphatic rings. The van der Waals surface area contributed by atoms with Crippen LogP contribution < -0.4 is 10.6 Å². The largest absolute Gasteiger partial charge is 0.383 e. The molecule has 0 bridgehead atoms. The topological polar surface area (TPSA) is 50.4 Å². The maximum absolute atomic E-state index is 12.1. The Kier molecular flexibility index (Phi) is 10.5. The maximum Gasteiger partial charge on any atom is 0.234 e. The van der Waals surface area contributed by atoms with Gasteiger partial charge in [-0.1, -0.05) is 44.5 Å². The van der Waals surface area contributed by atoms with Crippen LogP contribution in [-0.2, 0) is 9.53 Å². The van der Waals surface area contributed by atoms with Gasteiger partial charge >= 0.3 is 0 Å². The minimum Gasteiger partial charge on any atom is -0.383 e. The van der Waals surface area contributed by atoms with Crippen molar-refractivity contribution in [3.05, 3.63) is 34.9 Å². The summed E-state index contributed by atoms with van der Waals surface area (Å²) in [5, 5.41) is 6.86.